The van der Waals surface area contributed by atoms with Crippen molar-refractivity contribution in [3.8, 4) is 11.5 Å². The molecule has 1 atom stereocenters. The van der Waals surface area contributed by atoms with Gasteiger partial charge in [-0.05, 0) is 108 Å². The van der Waals surface area contributed by atoms with Crippen LogP contribution in [0.15, 0.2) is 72.8 Å². The maximum absolute atomic E-state index is 14.9. The van der Waals surface area contributed by atoms with Gasteiger partial charge in [0.05, 0.1) is 11.9 Å². The molecule has 55 heavy (non-hydrogen) atoms. The van der Waals surface area contributed by atoms with Gasteiger partial charge in [0.1, 0.15) is 22.7 Å². The van der Waals surface area contributed by atoms with E-state index in [9.17, 15) is 32.2 Å². The molecule has 0 saturated heterocycles. The molecule has 298 valence electrons. The fraction of sp³-hybridized carbons (Fsp3) is 0.361. The molecule has 0 bridgehead atoms. The molecule has 3 rings (SSSR count). The van der Waals surface area contributed by atoms with Crippen molar-refractivity contribution in [2.75, 3.05) is 21.8 Å². The molecule has 4 amide bonds. The van der Waals surface area contributed by atoms with Crippen molar-refractivity contribution < 1.29 is 50.7 Å². The van der Waals surface area contributed by atoms with Crippen LogP contribution in [0.25, 0.3) is 0 Å². The van der Waals surface area contributed by atoms with Crippen LogP contribution in [0.1, 0.15) is 61.0 Å². The first-order chi connectivity index (χ1) is 25.3. The lowest BCUT2D eigenvalue weighted by molar-refractivity contribution is -0.115. The second-order valence-corrected chi connectivity index (χ2v) is 18.0. The predicted molar refractivity (Wildman–Crippen MR) is 208 cm³/mol. The Hall–Kier alpha value is -5.45. The molecule has 0 spiro atoms. The number of benzene rings is 3. The van der Waals surface area contributed by atoms with Crippen LogP contribution in [0.4, 0.5) is 26.7 Å². The minimum atomic E-state index is -4.58. The monoisotopic (exact) mass is 802 g/mol. The van der Waals surface area contributed by atoms with E-state index in [1.165, 1.54) is 86.6 Å². The van der Waals surface area contributed by atoms with Gasteiger partial charge in [-0.1, -0.05) is 12.1 Å². The number of guanidine groups is 1. The zero-order valence-electron chi connectivity index (χ0n) is 32.0. The molecule has 17 nitrogen and oxygen atoms in total. The van der Waals surface area contributed by atoms with Gasteiger partial charge in [-0.2, -0.15) is 4.72 Å². The topological polar surface area (TPSA) is 232 Å². The SMILES string of the molecule is CC(=O)Nc1ccc(OP(=O)(Oc2ccc(NC(C)=O)cc2)C(Cc2ccc(N(C(=N)NC(=O)OC(C)(C)C)C(=O)OC(C)(C)C)cc2)NS(C)(=O)=O)cc1. The van der Waals surface area contributed by atoms with E-state index in [1.54, 1.807) is 41.5 Å². The third-order valence-electron chi connectivity index (χ3n) is 6.59. The Bertz CT molecular complexity index is 1960. The highest BCUT2D eigenvalue weighted by Crippen LogP contribution is 2.53. The average molecular weight is 803 g/mol. The molecule has 3 aromatic carbocycles. The Morgan fingerprint density at radius 1 is 0.745 bits per heavy atom. The van der Waals surface area contributed by atoms with Crippen LogP contribution in [-0.2, 0) is 40.1 Å². The molecule has 0 aliphatic rings. The van der Waals surface area contributed by atoms with E-state index in [-0.39, 0.29) is 35.4 Å². The Balaban J connectivity index is 2.04. The summed E-state index contributed by atoms with van der Waals surface area (Å²) in [6.07, 6.45) is -1.38. The molecule has 5 N–H and O–H groups in total. The van der Waals surface area contributed by atoms with E-state index >= 15 is 0 Å². The minimum Gasteiger partial charge on any atom is -0.444 e. The summed E-state index contributed by atoms with van der Waals surface area (Å²) in [5, 5.41) is 16.0. The summed E-state index contributed by atoms with van der Waals surface area (Å²) < 4.78 is 65.3. The summed E-state index contributed by atoms with van der Waals surface area (Å²) in [5.74, 6) is -2.82. The highest BCUT2D eigenvalue weighted by molar-refractivity contribution is 7.89. The average Bonchev–Trinajstić information content (AvgIpc) is 3.00. The van der Waals surface area contributed by atoms with Crippen molar-refractivity contribution in [1.82, 2.24) is 10.0 Å². The van der Waals surface area contributed by atoms with Crippen molar-refractivity contribution in [2.24, 2.45) is 0 Å². The van der Waals surface area contributed by atoms with Crippen molar-refractivity contribution in [3.63, 3.8) is 0 Å². The number of nitrogens with one attached hydrogen (secondary N) is 5. The van der Waals surface area contributed by atoms with Crippen LogP contribution in [0, 0.1) is 5.41 Å². The summed E-state index contributed by atoms with van der Waals surface area (Å²) in [6, 6.07) is 17.4. The predicted octanol–water partition coefficient (Wildman–Crippen LogP) is 6.57. The number of amides is 4. The molecule has 0 heterocycles. The van der Waals surface area contributed by atoms with Gasteiger partial charge in [0.15, 0.2) is 5.78 Å². The Morgan fingerprint density at radius 3 is 1.56 bits per heavy atom. The first kappa shape index (κ1) is 44.0. The number of nitrogens with zero attached hydrogens (tertiary/aromatic N) is 1. The Labute approximate surface area is 320 Å². The number of hydrogen-bond acceptors (Lipinski definition) is 12. The lowest BCUT2D eigenvalue weighted by atomic mass is 10.1. The van der Waals surface area contributed by atoms with Gasteiger partial charge in [-0.25, -0.2) is 27.5 Å². The fourth-order valence-electron chi connectivity index (χ4n) is 4.60. The van der Waals surface area contributed by atoms with E-state index in [0.29, 0.717) is 16.9 Å². The first-order valence-corrected chi connectivity index (χ1v) is 20.2. The van der Waals surface area contributed by atoms with Crippen LogP contribution in [0.5, 0.6) is 11.5 Å². The molecule has 3 aromatic rings. The van der Waals surface area contributed by atoms with Crippen molar-refractivity contribution in [2.45, 2.75) is 78.8 Å². The molecule has 0 aliphatic heterocycles. The third kappa shape index (κ3) is 15.1. The van der Waals surface area contributed by atoms with E-state index in [2.05, 4.69) is 20.7 Å². The molecular formula is C36H47N6O11PS. The third-order valence-corrected chi connectivity index (χ3v) is 9.48. The first-order valence-electron chi connectivity index (χ1n) is 16.7. The van der Waals surface area contributed by atoms with Crippen molar-refractivity contribution in [3.05, 3.63) is 78.4 Å². The van der Waals surface area contributed by atoms with Gasteiger partial charge >= 0.3 is 19.8 Å². The van der Waals surface area contributed by atoms with Crippen LogP contribution in [0.3, 0.4) is 0 Å². The number of carbonyl (C=O) groups is 4. The van der Waals surface area contributed by atoms with Crippen LogP contribution in [-0.4, -0.2) is 61.6 Å². The quantitative estimate of drug-likeness (QED) is 0.0746. The van der Waals surface area contributed by atoms with Gasteiger partial charge in [-0.15, -0.1) is 0 Å². The number of anilines is 3. The lowest BCUT2D eigenvalue weighted by Crippen LogP contribution is -2.49. The highest BCUT2D eigenvalue weighted by atomic mass is 32.2. The van der Waals surface area contributed by atoms with Gasteiger partial charge in [0, 0.05) is 31.6 Å². The lowest BCUT2D eigenvalue weighted by Gasteiger charge is -2.29. The molecule has 0 radical (unpaired) electrons. The zero-order chi connectivity index (χ0) is 41.4. The molecular weight excluding hydrogens is 755 g/mol. The number of alkyl carbamates (subject to hydrolysis) is 1. The van der Waals surface area contributed by atoms with Crippen LogP contribution >= 0.6 is 7.60 Å². The van der Waals surface area contributed by atoms with E-state index in [0.717, 1.165) is 11.2 Å². The van der Waals surface area contributed by atoms with Crippen molar-refractivity contribution >= 4 is 64.6 Å². The summed E-state index contributed by atoms with van der Waals surface area (Å²) in [5.41, 5.74) is -0.550. The number of rotatable bonds is 12. The maximum atomic E-state index is 14.9. The molecule has 1 unspecified atom stereocenters. The second-order valence-electron chi connectivity index (χ2n) is 14.2. The molecule has 0 saturated carbocycles. The van der Waals surface area contributed by atoms with E-state index < -0.39 is 52.8 Å². The van der Waals surface area contributed by atoms with Gasteiger partial charge in [0.25, 0.3) is 0 Å². The summed E-state index contributed by atoms with van der Waals surface area (Å²) >= 11 is 0. The molecule has 0 aromatic heterocycles. The second kappa shape index (κ2) is 17.8. The standard InChI is InChI=1S/C36H47N6O11PS/c1-23(43)38-26-12-18-29(19-13-26)52-54(47,53-30-20-14-27(15-21-30)39-24(2)44)31(41-55(9,48)49)22-25-10-16-28(17-11-25)42(34(46)51-36(6,7)8)32(37)40-33(45)50-35(3,4)5/h10-21,31,41H,22H2,1-9H3,(H,38,43)(H,39,44)(H2,37,40,45). The van der Waals surface area contributed by atoms with Gasteiger partial charge < -0.3 is 29.2 Å². The van der Waals surface area contributed by atoms with E-state index in [1.807, 2.05) is 0 Å². The normalized spacial score (nSPS) is 12.4. The fourth-order valence-corrected chi connectivity index (χ4v) is 7.83. The minimum absolute atomic E-state index is 0.0203. The Morgan fingerprint density at radius 2 is 1.18 bits per heavy atom. The zero-order valence-corrected chi connectivity index (χ0v) is 33.7. The summed E-state index contributed by atoms with van der Waals surface area (Å²) in [7, 11) is -8.65. The summed E-state index contributed by atoms with van der Waals surface area (Å²) in [4.78, 5) is 49.6. The van der Waals surface area contributed by atoms with Gasteiger partial charge in [-0.3, -0.25) is 20.3 Å². The number of hydrogen-bond donors (Lipinski definition) is 5. The Kier molecular flexibility index (Phi) is 14.2. The van der Waals surface area contributed by atoms with Gasteiger partial charge in [0.2, 0.25) is 27.8 Å². The number of ether oxygens (including phenoxy) is 2. The molecule has 0 fully saturated rings. The smallest absolute Gasteiger partial charge is 0.444 e. The maximum Gasteiger partial charge on any atom is 0.448 e. The number of carbonyl (C=O) groups excluding carboxylic acids is 4. The highest BCUT2D eigenvalue weighted by Gasteiger charge is 2.42. The number of sulfonamides is 1. The summed E-state index contributed by atoms with van der Waals surface area (Å²) in [6.45, 7) is 12.4. The van der Waals surface area contributed by atoms with Crippen LogP contribution in [0.2, 0.25) is 0 Å². The molecule has 19 heteroatoms. The van der Waals surface area contributed by atoms with E-state index in [4.69, 9.17) is 23.9 Å². The van der Waals surface area contributed by atoms with Crippen molar-refractivity contribution in [1.29, 1.82) is 5.41 Å². The van der Waals surface area contributed by atoms with Crippen LogP contribution < -0.4 is 34.6 Å². The molecule has 0 aliphatic carbocycles. The largest absolute Gasteiger partial charge is 0.448 e.